The highest BCUT2D eigenvalue weighted by atomic mass is 16.5. The van der Waals surface area contributed by atoms with Crippen molar-refractivity contribution in [2.75, 3.05) is 0 Å². The number of benzene rings is 6. The molecule has 6 aromatic carbocycles. The van der Waals surface area contributed by atoms with Crippen LogP contribution in [0, 0.1) is 11.8 Å². The third-order valence-electron chi connectivity index (χ3n) is 6.48. The van der Waals surface area contributed by atoms with E-state index in [1.807, 2.05) is 72.8 Å². The van der Waals surface area contributed by atoms with Crippen LogP contribution in [0.25, 0.3) is 21.5 Å². The van der Waals surface area contributed by atoms with Gasteiger partial charge in [-0.15, -0.1) is 0 Å². The Morgan fingerprint density at radius 2 is 1.05 bits per heavy atom. The van der Waals surface area contributed by atoms with Crippen molar-refractivity contribution in [3.63, 3.8) is 0 Å². The van der Waals surface area contributed by atoms with Crippen LogP contribution < -0.4 is 9.47 Å². The van der Waals surface area contributed by atoms with Crippen molar-refractivity contribution in [2.45, 2.75) is 13.2 Å². The zero-order valence-electron chi connectivity index (χ0n) is 20.9. The van der Waals surface area contributed by atoms with E-state index in [9.17, 15) is 0 Å². The monoisotopic (exact) mass is 490 g/mol. The molecule has 2 heteroatoms. The van der Waals surface area contributed by atoms with E-state index >= 15 is 0 Å². The van der Waals surface area contributed by atoms with Crippen molar-refractivity contribution in [1.82, 2.24) is 0 Å². The molecule has 0 spiro atoms. The van der Waals surface area contributed by atoms with Crippen LogP contribution in [0.4, 0.5) is 0 Å². The Bertz CT molecular complexity index is 1750. The summed E-state index contributed by atoms with van der Waals surface area (Å²) in [5.41, 5.74) is 4.20. The van der Waals surface area contributed by atoms with Gasteiger partial charge >= 0.3 is 0 Å². The second-order valence-electron chi connectivity index (χ2n) is 9.19. The number of rotatable bonds is 6. The molecule has 0 bridgehead atoms. The highest BCUT2D eigenvalue weighted by Gasteiger charge is 2.13. The van der Waals surface area contributed by atoms with E-state index in [1.165, 1.54) is 0 Å². The van der Waals surface area contributed by atoms with Gasteiger partial charge in [0.2, 0.25) is 0 Å². The molecule has 0 aromatic heterocycles. The van der Waals surface area contributed by atoms with Crippen molar-refractivity contribution in [3.8, 4) is 23.3 Å². The second kappa shape index (κ2) is 10.9. The van der Waals surface area contributed by atoms with Crippen LogP contribution in [0.1, 0.15) is 22.3 Å². The maximum Gasteiger partial charge on any atom is 0.169 e. The average molecular weight is 491 g/mol. The first kappa shape index (κ1) is 23.4. The van der Waals surface area contributed by atoms with Crippen molar-refractivity contribution in [2.24, 2.45) is 0 Å². The van der Waals surface area contributed by atoms with Crippen molar-refractivity contribution in [3.05, 3.63) is 156 Å². The molecule has 6 aromatic rings. The molecule has 2 nitrogen and oxygen atoms in total. The SMILES string of the molecule is C(#Cc1ccc2cc3ccc(OCc4ccccc4)c(OCc4ccccc4)c3cc2c1)c1ccccc1. The van der Waals surface area contributed by atoms with Gasteiger partial charge in [-0.25, -0.2) is 0 Å². The Kier molecular flexibility index (Phi) is 6.74. The summed E-state index contributed by atoms with van der Waals surface area (Å²) in [4.78, 5) is 0. The molecule has 0 aliphatic heterocycles. The lowest BCUT2D eigenvalue weighted by molar-refractivity contribution is 0.259. The minimum atomic E-state index is 0.461. The number of hydrogen-bond donors (Lipinski definition) is 0. The Hall–Kier alpha value is -5.00. The Labute approximate surface area is 223 Å². The third-order valence-corrected chi connectivity index (χ3v) is 6.48. The van der Waals surface area contributed by atoms with Crippen LogP contribution in [0.5, 0.6) is 11.5 Å². The number of hydrogen-bond acceptors (Lipinski definition) is 2. The Morgan fingerprint density at radius 3 is 1.76 bits per heavy atom. The molecule has 0 N–H and O–H groups in total. The normalized spacial score (nSPS) is 10.6. The molecule has 0 aliphatic rings. The topological polar surface area (TPSA) is 18.5 Å². The van der Waals surface area contributed by atoms with Gasteiger partial charge in [0.15, 0.2) is 11.5 Å². The van der Waals surface area contributed by atoms with E-state index < -0.39 is 0 Å². The maximum absolute atomic E-state index is 6.46. The molecule has 0 saturated heterocycles. The highest BCUT2D eigenvalue weighted by molar-refractivity contribution is 6.02. The molecule has 0 radical (unpaired) electrons. The van der Waals surface area contributed by atoms with Crippen molar-refractivity contribution < 1.29 is 9.47 Å². The Morgan fingerprint density at radius 1 is 0.447 bits per heavy atom. The van der Waals surface area contributed by atoms with E-state index in [4.69, 9.17) is 9.47 Å². The predicted octanol–water partition coefficient (Wildman–Crippen LogP) is 8.55. The quantitative estimate of drug-likeness (QED) is 0.172. The van der Waals surface area contributed by atoms with E-state index in [1.54, 1.807) is 0 Å². The first-order valence-corrected chi connectivity index (χ1v) is 12.7. The van der Waals surface area contributed by atoms with Gasteiger partial charge in [0.1, 0.15) is 13.2 Å². The zero-order valence-corrected chi connectivity index (χ0v) is 20.9. The third kappa shape index (κ3) is 5.38. The number of fused-ring (bicyclic) bond motifs is 2. The molecule has 0 heterocycles. The standard InChI is InChI=1S/C36H26O2/c1-4-10-27(11-5-1)16-17-28-18-19-31-23-32-20-21-35(37-25-29-12-6-2-7-13-29)36(34(32)24-33(31)22-28)38-26-30-14-8-3-9-15-30/h1-15,18-24H,25-26H2. The minimum Gasteiger partial charge on any atom is -0.485 e. The summed E-state index contributed by atoms with van der Waals surface area (Å²) in [7, 11) is 0. The van der Waals surface area contributed by atoms with E-state index in [-0.39, 0.29) is 0 Å². The minimum absolute atomic E-state index is 0.461. The Balaban J connectivity index is 1.39. The lowest BCUT2D eigenvalue weighted by Crippen LogP contribution is -2.01. The van der Waals surface area contributed by atoms with Gasteiger partial charge in [-0.1, -0.05) is 103 Å². The maximum atomic E-state index is 6.46. The van der Waals surface area contributed by atoms with Crippen molar-refractivity contribution in [1.29, 1.82) is 0 Å². The van der Waals surface area contributed by atoms with Crippen molar-refractivity contribution >= 4 is 21.5 Å². The molecule has 6 rings (SSSR count). The molecule has 0 atom stereocenters. The van der Waals surface area contributed by atoms with Crippen LogP contribution in [0.3, 0.4) is 0 Å². The van der Waals surface area contributed by atoms with Gasteiger partial charge in [-0.3, -0.25) is 0 Å². The summed E-state index contributed by atoms with van der Waals surface area (Å²) in [6.07, 6.45) is 0. The summed E-state index contributed by atoms with van der Waals surface area (Å²) >= 11 is 0. The number of ether oxygens (including phenoxy) is 2. The molecule has 182 valence electrons. The predicted molar refractivity (Wildman–Crippen MR) is 155 cm³/mol. The fourth-order valence-corrected chi connectivity index (χ4v) is 4.49. The summed E-state index contributed by atoms with van der Waals surface area (Å²) in [6, 6.07) is 45.3. The molecule has 38 heavy (non-hydrogen) atoms. The molecule has 0 fully saturated rings. The second-order valence-corrected chi connectivity index (χ2v) is 9.19. The largest absolute Gasteiger partial charge is 0.485 e. The van der Waals surface area contributed by atoms with Gasteiger partial charge in [0.25, 0.3) is 0 Å². The molecule has 0 saturated carbocycles. The van der Waals surface area contributed by atoms with Crippen LogP contribution in [-0.4, -0.2) is 0 Å². The fraction of sp³-hybridized carbons (Fsp3) is 0.0556. The smallest absolute Gasteiger partial charge is 0.169 e. The summed E-state index contributed by atoms with van der Waals surface area (Å²) in [6.45, 7) is 0.934. The van der Waals surface area contributed by atoms with Gasteiger partial charge in [0.05, 0.1) is 0 Å². The lowest BCUT2D eigenvalue weighted by Gasteiger charge is -2.16. The van der Waals surface area contributed by atoms with E-state index in [0.29, 0.717) is 13.2 Å². The molecule has 0 aliphatic carbocycles. The van der Waals surface area contributed by atoms with Gasteiger partial charge < -0.3 is 9.47 Å². The van der Waals surface area contributed by atoms with Gasteiger partial charge in [0, 0.05) is 16.5 Å². The van der Waals surface area contributed by atoms with Gasteiger partial charge in [-0.2, -0.15) is 0 Å². The van der Waals surface area contributed by atoms with E-state index in [0.717, 1.165) is 55.3 Å². The highest BCUT2D eigenvalue weighted by Crippen LogP contribution is 2.39. The molecular formula is C36H26O2. The van der Waals surface area contributed by atoms with Crippen LogP contribution in [0.15, 0.2) is 133 Å². The summed E-state index contributed by atoms with van der Waals surface area (Å²) in [5.74, 6) is 8.05. The van der Waals surface area contributed by atoms with Gasteiger partial charge in [-0.05, 0) is 69.8 Å². The molecule has 0 amide bonds. The summed E-state index contributed by atoms with van der Waals surface area (Å²) in [5, 5.41) is 4.40. The lowest BCUT2D eigenvalue weighted by atomic mass is 10.0. The van der Waals surface area contributed by atoms with Crippen LogP contribution in [-0.2, 0) is 13.2 Å². The first-order valence-electron chi connectivity index (χ1n) is 12.7. The fourth-order valence-electron chi connectivity index (χ4n) is 4.49. The van der Waals surface area contributed by atoms with E-state index in [2.05, 4.69) is 72.5 Å². The molecule has 0 unspecified atom stereocenters. The molecular weight excluding hydrogens is 464 g/mol. The average Bonchev–Trinajstić information content (AvgIpc) is 2.98. The van der Waals surface area contributed by atoms with Crippen LogP contribution >= 0.6 is 0 Å². The van der Waals surface area contributed by atoms with Crippen LogP contribution in [0.2, 0.25) is 0 Å². The zero-order chi connectivity index (χ0) is 25.6. The summed E-state index contributed by atoms with van der Waals surface area (Å²) < 4.78 is 12.8. The first-order chi connectivity index (χ1) is 18.8.